The highest BCUT2D eigenvalue weighted by molar-refractivity contribution is 7.13. The molecule has 1 aromatic carbocycles. The lowest BCUT2D eigenvalue weighted by molar-refractivity contribution is 0.415. The Hall–Kier alpha value is -1.55. The van der Waals surface area contributed by atoms with Gasteiger partial charge < -0.3 is 9.84 Å². The first-order chi connectivity index (χ1) is 6.79. The average Bonchev–Trinajstić information content (AvgIpc) is 2.65. The van der Waals surface area contributed by atoms with E-state index in [0.717, 1.165) is 16.3 Å². The van der Waals surface area contributed by atoms with Crippen molar-refractivity contribution in [2.45, 2.75) is 0 Å². The minimum absolute atomic E-state index is 0.0628. The largest absolute Gasteiger partial charge is 0.497 e. The predicted molar refractivity (Wildman–Crippen MR) is 55.8 cm³/mol. The molecule has 0 saturated carbocycles. The summed E-state index contributed by atoms with van der Waals surface area (Å²) in [4.78, 5) is 3.97. The Morgan fingerprint density at radius 2 is 2.29 bits per heavy atom. The number of hydrogen-bond acceptors (Lipinski definition) is 4. The topological polar surface area (TPSA) is 42.4 Å². The standard InChI is InChI=1S/C10H9NO2S/c1-13-8-4-2-3-7(5-8)10-11-9(12)6-14-10/h2-6,12H,1H3. The first-order valence-corrected chi connectivity index (χ1v) is 4.96. The van der Waals surface area contributed by atoms with Crippen LogP contribution in [-0.2, 0) is 0 Å². The van der Waals surface area contributed by atoms with Crippen molar-refractivity contribution >= 4 is 11.3 Å². The van der Waals surface area contributed by atoms with Crippen LogP contribution in [0.5, 0.6) is 11.6 Å². The van der Waals surface area contributed by atoms with Crippen LogP contribution in [0.3, 0.4) is 0 Å². The molecule has 0 atom stereocenters. The molecule has 1 aromatic heterocycles. The summed E-state index contributed by atoms with van der Waals surface area (Å²) in [7, 11) is 1.62. The highest BCUT2D eigenvalue weighted by Crippen LogP contribution is 2.28. The van der Waals surface area contributed by atoms with Crippen molar-refractivity contribution in [3.8, 4) is 22.2 Å². The lowest BCUT2D eigenvalue weighted by Crippen LogP contribution is -1.82. The molecule has 0 aliphatic heterocycles. The van der Waals surface area contributed by atoms with Gasteiger partial charge in [-0.25, -0.2) is 4.98 Å². The molecule has 2 rings (SSSR count). The van der Waals surface area contributed by atoms with Crippen LogP contribution in [0.4, 0.5) is 0 Å². The normalized spacial score (nSPS) is 10.1. The second kappa shape index (κ2) is 3.67. The van der Waals surface area contributed by atoms with E-state index < -0.39 is 0 Å². The molecule has 0 bridgehead atoms. The van der Waals surface area contributed by atoms with Crippen molar-refractivity contribution in [3.63, 3.8) is 0 Å². The Bertz CT molecular complexity index is 439. The number of hydrogen-bond donors (Lipinski definition) is 1. The summed E-state index contributed by atoms with van der Waals surface area (Å²) in [5, 5.41) is 11.5. The van der Waals surface area contributed by atoms with E-state index >= 15 is 0 Å². The number of methoxy groups -OCH3 is 1. The van der Waals surface area contributed by atoms with Gasteiger partial charge in [0.2, 0.25) is 5.88 Å². The van der Waals surface area contributed by atoms with Gasteiger partial charge in [-0.2, -0.15) is 0 Å². The van der Waals surface area contributed by atoms with Gasteiger partial charge in [-0.15, -0.1) is 11.3 Å². The third kappa shape index (κ3) is 1.70. The van der Waals surface area contributed by atoms with Crippen LogP contribution in [-0.4, -0.2) is 17.2 Å². The maximum absolute atomic E-state index is 9.11. The molecule has 1 heterocycles. The summed E-state index contributed by atoms with van der Waals surface area (Å²) in [6.07, 6.45) is 0. The first-order valence-electron chi connectivity index (χ1n) is 4.08. The lowest BCUT2D eigenvalue weighted by Gasteiger charge is -2.00. The van der Waals surface area contributed by atoms with Crippen LogP contribution in [0.2, 0.25) is 0 Å². The van der Waals surface area contributed by atoms with Crippen LogP contribution in [0.25, 0.3) is 10.6 Å². The highest BCUT2D eigenvalue weighted by atomic mass is 32.1. The zero-order valence-electron chi connectivity index (χ0n) is 7.60. The van der Waals surface area contributed by atoms with Gasteiger partial charge >= 0.3 is 0 Å². The van der Waals surface area contributed by atoms with E-state index in [2.05, 4.69) is 4.98 Å². The maximum atomic E-state index is 9.11. The zero-order chi connectivity index (χ0) is 9.97. The van der Waals surface area contributed by atoms with Crippen molar-refractivity contribution in [1.29, 1.82) is 0 Å². The fourth-order valence-corrected chi connectivity index (χ4v) is 1.83. The van der Waals surface area contributed by atoms with Gasteiger partial charge in [-0.05, 0) is 12.1 Å². The molecule has 3 nitrogen and oxygen atoms in total. The Kier molecular flexibility index (Phi) is 2.37. The van der Waals surface area contributed by atoms with Gasteiger partial charge in [-0.1, -0.05) is 12.1 Å². The zero-order valence-corrected chi connectivity index (χ0v) is 8.41. The molecule has 0 aliphatic carbocycles. The number of benzene rings is 1. The molecule has 4 heteroatoms. The molecule has 0 radical (unpaired) electrons. The van der Waals surface area contributed by atoms with Crippen molar-refractivity contribution in [1.82, 2.24) is 4.98 Å². The fourth-order valence-electron chi connectivity index (χ4n) is 1.15. The molecule has 2 aromatic rings. The summed E-state index contributed by atoms with van der Waals surface area (Å²) in [6.45, 7) is 0. The summed E-state index contributed by atoms with van der Waals surface area (Å²) in [5.41, 5.74) is 0.953. The van der Waals surface area contributed by atoms with Crippen LogP contribution in [0.15, 0.2) is 29.6 Å². The molecule has 0 aliphatic rings. The Balaban J connectivity index is 2.41. The van der Waals surface area contributed by atoms with Gasteiger partial charge in [0, 0.05) is 5.56 Å². The Labute approximate surface area is 85.6 Å². The number of thiazole rings is 1. The smallest absolute Gasteiger partial charge is 0.222 e. The van der Waals surface area contributed by atoms with Gasteiger partial charge in [0.25, 0.3) is 0 Å². The number of nitrogens with zero attached hydrogens (tertiary/aromatic N) is 1. The van der Waals surface area contributed by atoms with E-state index in [9.17, 15) is 0 Å². The number of aromatic hydroxyl groups is 1. The van der Waals surface area contributed by atoms with Crippen molar-refractivity contribution in [2.24, 2.45) is 0 Å². The second-order valence-corrected chi connectivity index (χ2v) is 3.60. The molecule has 0 unspecified atom stereocenters. The Morgan fingerprint density at radius 1 is 1.43 bits per heavy atom. The van der Waals surface area contributed by atoms with Crippen molar-refractivity contribution in [3.05, 3.63) is 29.6 Å². The van der Waals surface area contributed by atoms with Crippen LogP contribution in [0, 0.1) is 0 Å². The fraction of sp³-hybridized carbons (Fsp3) is 0.100. The third-order valence-corrected chi connectivity index (χ3v) is 2.69. The lowest BCUT2D eigenvalue weighted by atomic mass is 10.2. The average molecular weight is 207 g/mol. The summed E-state index contributed by atoms with van der Waals surface area (Å²) < 4.78 is 5.10. The first kappa shape index (κ1) is 9.02. The summed E-state index contributed by atoms with van der Waals surface area (Å²) in [5.74, 6) is 0.852. The van der Waals surface area contributed by atoms with E-state index in [4.69, 9.17) is 9.84 Å². The molecule has 0 fully saturated rings. The van der Waals surface area contributed by atoms with Gasteiger partial charge in [0.1, 0.15) is 10.8 Å². The molecular weight excluding hydrogens is 198 g/mol. The third-order valence-electron chi connectivity index (χ3n) is 1.81. The molecular formula is C10H9NO2S. The van der Waals surface area contributed by atoms with E-state index in [-0.39, 0.29) is 5.88 Å². The van der Waals surface area contributed by atoms with E-state index in [1.54, 1.807) is 12.5 Å². The van der Waals surface area contributed by atoms with E-state index in [1.807, 2.05) is 24.3 Å². The number of rotatable bonds is 2. The van der Waals surface area contributed by atoms with E-state index in [1.165, 1.54) is 11.3 Å². The Morgan fingerprint density at radius 3 is 2.93 bits per heavy atom. The van der Waals surface area contributed by atoms with E-state index in [0.29, 0.717) is 0 Å². The summed E-state index contributed by atoms with van der Waals surface area (Å²) >= 11 is 1.41. The number of ether oxygens (including phenoxy) is 1. The minimum Gasteiger partial charge on any atom is -0.497 e. The van der Waals surface area contributed by atoms with Gasteiger partial charge in [0.05, 0.1) is 12.5 Å². The number of aromatic nitrogens is 1. The molecule has 72 valence electrons. The monoisotopic (exact) mass is 207 g/mol. The highest BCUT2D eigenvalue weighted by Gasteiger charge is 2.04. The SMILES string of the molecule is COc1cccc(-c2nc(O)cs2)c1. The molecule has 1 N–H and O–H groups in total. The second-order valence-electron chi connectivity index (χ2n) is 2.74. The molecule has 14 heavy (non-hydrogen) atoms. The maximum Gasteiger partial charge on any atom is 0.222 e. The van der Waals surface area contributed by atoms with Crippen LogP contribution in [0.1, 0.15) is 0 Å². The quantitative estimate of drug-likeness (QED) is 0.822. The van der Waals surface area contributed by atoms with Gasteiger partial charge in [0.15, 0.2) is 0 Å². The van der Waals surface area contributed by atoms with Gasteiger partial charge in [-0.3, -0.25) is 0 Å². The van der Waals surface area contributed by atoms with Crippen LogP contribution >= 0.6 is 11.3 Å². The molecule has 0 spiro atoms. The predicted octanol–water partition coefficient (Wildman–Crippen LogP) is 2.52. The van der Waals surface area contributed by atoms with Crippen molar-refractivity contribution < 1.29 is 9.84 Å². The van der Waals surface area contributed by atoms with Crippen LogP contribution < -0.4 is 4.74 Å². The summed E-state index contributed by atoms with van der Waals surface area (Å²) in [6, 6.07) is 7.59. The molecule has 0 amide bonds. The van der Waals surface area contributed by atoms with Crippen molar-refractivity contribution in [2.75, 3.05) is 7.11 Å². The minimum atomic E-state index is 0.0628. The molecule has 0 saturated heterocycles.